The molecule has 0 N–H and O–H groups in total. The van der Waals surface area contributed by atoms with Gasteiger partial charge in [0.15, 0.2) is 5.78 Å². The van der Waals surface area contributed by atoms with Crippen LogP contribution in [0.3, 0.4) is 0 Å². The Hall–Kier alpha value is -1.38. The van der Waals surface area contributed by atoms with E-state index in [0.717, 1.165) is 11.4 Å². The first-order chi connectivity index (χ1) is 8.59. The predicted octanol–water partition coefficient (Wildman–Crippen LogP) is 3.30. The maximum absolute atomic E-state index is 11.4. The Morgan fingerprint density at radius 1 is 1.39 bits per heavy atom. The number of rotatable bonds is 3. The van der Waals surface area contributed by atoms with Gasteiger partial charge in [-0.1, -0.05) is 19.8 Å². The molecule has 0 saturated heterocycles. The molecular formula is C15H22N2O. The van der Waals surface area contributed by atoms with E-state index in [0.29, 0.717) is 12.0 Å². The average molecular weight is 246 g/mol. The summed E-state index contributed by atoms with van der Waals surface area (Å²) in [6, 6.07) is 4.24. The van der Waals surface area contributed by atoms with Crippen molar-refractivity contribution in [2.24, 2.45) is 5.92 Å². The van der Waals surface area contributed by atoms with Gasteiger partial charge in [-0.05, 0) is 37.8 Å². The maximum atomic E-state index is 11.4. The number of Topliss-reactive ketones (excluding diaryl/α,β-unsaturated/α-hetero) is 1. The van der Waals surface area contributed by atoms with Gasteiger partial charge in [0.2, 0.25) is 0 Å². The number of carbonyl (C=O) groups is 1. The van der Waals surface area contributed by atoms with E-state index in [1.807, 2.05) is 6.07 Å². The molecule has 3 heteroatoms. The summed E-state index contributed by atoms with van der Waals surface area (Å²) in [4.78, 5) is 18.1. The van der Waals surface area contributed by atoms with Gasteiger partial charge >= 0.3 is 0 Å². The Balaban J connectivity index is 2.19. The second kappa shape index (κ2) is 5.51. The molecular weight excluding hydrogens is 224 g/mol. The molecule has 0 amide bonds. The summed E-state index contributed by atoms with van der Waals surface area (Å²) < 4.78 is 0. The van der Waals surface area contributed by atoms with Crippen molar-refractivity contribution in [3.8, 4) is 0 Å². The van der Waals surface area contributed by atoms with Crippen molar-refractivity contribution in [3.05, 3.63) is 23.9 Å². The highest BCUT2D eigenvalue weighted by Crippen LogP contribution is 2.29. The largest absolute Gasteiger partial charge is 0.356 e. The van der Waals surface area contributed by atoms with Gasteiger partial charge < -0.3 is 4.90 Å². The molecule has 0 radical (unpaired) electrons. The highest BCUT2D eigenvalue weighted by Gasteiger charge is 2.25. The van der Waals surface area contributed by atoms with Crippen LogP contribution >= 0.6 is 0 Å². The second-order valence-corrected chi connectivity index (χ2v) is 5.40. The molecule has 18 heavy (non-hydrogen) atoms. The molecule has 1 saturated carbocycles. The summed E-state index contributed by atoms with van der Waals surface area (Å²) in [5, 5.41) is 0. The number of ketones is 1. The van der Waals surface area contributed by atoms with Crippen molar-refractivity contribution in [1.29, 1.82) is 0 Å². The van der Waals surface area contributed by atoms with E-state index in [1.165, 1.54) is 25.7 Å². The van der Waals surface area contributed by atoms with E-state index in [9.17, 15) is 4.79 Å². The smallest absolute Gasteiger partial charge is 0.159 e. The first kappa shape index (κ1) is 13.1. The minimum atomic E-state index is 0.101. The van der Waals surface area contributed by atoms with E-state index in [2.05, 4.69) is 23.9 Å². The molecule has 0 spiro atoms. The Kier molecular flexibility index (Phi) is 4.00. The van der Waals surface area contributed by atoms with Gasteiger partial charge in [-0.15, -0.1) is 0 Å². The summed E-state index contributed by atoms with van der Waals surface area (Å²) in [6.45, 7) is 3.91. The molecule has 1 aliphatic rings. The number of anilines is 1. The summed E-state index contributed by atoms with van der Waals surface area (Å²) >= 11 is 0. The zero-order valence-electron chi connectivity index (χ0n) is 11.5. The zero-order chi connectivity index (χ0) is 13.1. The first-order valence-electron chi connectivity index (χ1n) is 6.79. The van der Waals surface area contributed by atoms with Crippen molar-refractivity contribution >= 4 is 11.6 Å². The molecule has 1 aromatic rings. The lowest BCUT2D eigenvalue weighted by molar-refractivity contribution is 0.101. The number of aromatic nitrogens is 1. The van der Waals surface area contributed by atoms with Gasteiger partial charge in [-0.3, -0.25) is 4.79 Å². The molecule has 1 fully saturated rings. The summed E-state index contributed by atoms with van der Waals surface area (Å²) in [5.41, 5.74) is 0.746. The molecule has 3 nitrogen and oxygen atoms in total. The fourth-order valence-electron chi connectivity index (χ4n) is 2.87. The molecule has 0 aromatic carbocycles. The van der Waals surface area contributed by atoms with E-state index >= 15 is 0 Å². The lowest BCUT2D eigenvalue weighted by Crippen LogP contribution is -2.39. The summed E-state index contributed by atoms with van der Waals surface area (Å²) in [5.74, 6) is 1.72. The SMILES string of the molecule is CC(=O)c1ccnc(N(C)C2CCCCC2C)c1. The van der Waals surface area contributed by atoms with Crippen molar-refractivity contribution in [2.75, 3.05) is 11.9 Å². The number of hydrogen-bond donors (Lipinski definition) is 0. The van der Waals surface area contributed by atoms with Crippen LogP contribution in [0.1, 0.15) is 49.9 Å². The van der Waals surface area contributed by atoms with Crippen LogP contribution < -0.4 is 4.90 Å². The normalized spacial score (nSPS) is 23.7. The Morgan fingerprint density at radius 3 is 2.78 bits per heavy atom. The molecule has 1 aliphatic carbocycles. The van der Waals surface area contributed by atoms with Gasteiger partial charge in [-0.2, -0.15) is 0 Å². The molecule has 1 heterocycles. The van der Waals surface area contributed by atoms with Crippen molar-refractivity contribution in [2.45, 2.75) is 45.6 Å². The molecule has 98 valence electrons. The van der Waals surface area contributed by atoms with Gasteiger partial charge in [0.05, 0.1) is 0 Å². The molecule has 2 rings (SSSR count). The Bertz CT molecular complexity index is 430. The van der Waals surface area contributed by atoms with E-state index in [-0.39, 0.29) is 5.78 Å². The number of hydrogen-bond acceptors (Lipinski definition) is 3. The van der Waals surface area contributed by atoms with Crippen LogP contribution in [0, 0.1) is 5.92 Å². The Labute approximate surface area is 109 Å². The van der Waals surface area contributed by atoms with Gasteiger partial charge in [0.1, 0.15) is 5.82 Å². The van der Waals surface area contributed by atoms with Crippen LogP contribution in [0.4, 0.5) is 5.82 Å². The molecule has 2 atom stereocenters. The lowest BCUT2D eigenvalue weighted by Gasteiger charge is -2.37. The van der Waals surface area contributed by atoms with Crippen molar-refractivity contribution < 1.29 is 4.79 Å². The van der Waals surface area contributed by atoms with Gasteiger partial charge in [-0.25, -0.2) is 4.98 Å². The molecule has 0 bridgehead atoms. The van der Waals surface area contributed by atoms with Gasteiger partial charge in [0, 0.05) is 24.8 Å². The number of pyridine rings is 1. The fraction of sp³-hybridized carbons (Fsp3) is 0.600. The number of nitrogens with zero attached hydrogens (tertiary/aromatic N) is 2. The first-order valence-corrected chi connectivity index (χ1v) is 6.79. The van der Waals surface area contributed by atoms with E-state index < -0.39 is 0 Å². The van der Waals surface area contributed by atoms with Crippen LogP contribution in [-0.2, 0) is 0 Å². The summed E-state index contributed by atoms with van der Waals surface area (Å²) in [6.07, 6.45) is 6.89. The van der Waals surface area contributed by atoms with E-state index in [4.69, 9.17) is 0 Å². The zero-order valence-corrected chi connectivity index (χ0v) is 11.5. The Morgan fingerprint density at radius 2 is 2.11 bits per heavy atom. The highest BCUT2D eigenvalue weighted by atomic mass is 16.1. The van der Waals surface area contributed by atoms with Crippen LogP contribution in [0.5, 0.6) is 0 Å². The predicted molar refractivity (Wildman–Crippen MR) is 74.1 cm³/mol. The fourth-order valence-corrected chi connectivity index (χ4v) is 2.87. The quantitative estimate of drug-likeness (QED) is 0.767. The monoisotopic (exact) mass is 246 g/mol. The third-order valence-electron chi connectivity index (χ3n) is 4.08. The van der Waals surface area contributed by atoms with Crippen LogP contribution in [0.2, 0.25) is 0 Å². The van der Waals surface area contributed by atoms with Crippen LogP contribution in [-0.4, -0.2) is 23.9 Å². The topological polar surface area (TPSA) is 33.2 Å². The third-order valence-corrected chi connectivity index (χ3v) is 4.08. The lowest BCUT2D eigenvalue weighted by atomic mass is 9.85. The summed E-state index contributed by atoms with van der Waals surface area (Å²) in [7, 11) is 2.10. The molecule has 2 unspecified atom stereocenters. The molecule has 0 aliphatic heterocycles. The van der Waals surface area contributed by atoms with E-state index in [1.54, 1.807) is 19.2 Å². The van der Waals surface area contributed by atoms with Crippen molar-refractivity contribution in [3.63, 3.8) is 0 Å². The number of carbonyl (C=O) groups excluding carboxylic acids is 1. The second-order valence-electron chi connectivity index (χ2n) is 5.40. The van der Waals surface area contributed by atoms with Crippen LogP contribution in [0.15, 0.2) is 18.3 Å². The van der Waals surface area contributed by atoms with Crippen LogP contribution in [0.25, 0.3) is 0 Å². The highest BCUT2D eigenvalue weighted by molar-refractivity contribution is 5.94. The average Bonchev–Trinajstić information content (AvgIpc) is 2.38. The molecule has 1 aromatic heterocycles. The minimum absolute atomic E-state index is 0.101. The third kappa shape index (κ3) is 2.71. The van der Waals surface area contributed by atoms with Crippen molar-refractivity contribution in [1.82, 2.24) is 4.98 Å². The standard InChI is InChI=1S/C15H22N2O/c1-11-6-4-5-7-14(11)17(3)15-10-13(12(2)18)8-9-16-15/h8-11,14H,4-7H2,1-3H3. The minimum Gasteiger partial charge on any atom is -0.356 e. The van der Waals surface area contributed by atoms with Gasteiger partial charge in [0.25, 0.3) is 0 Å². The maximum Gasteiger partial charge on any atom is 0.159 e.